The summed E-state index contributed by atoms with van der Waals surface area (Å²) >= 11 is 0. The van der Waals surface area contributed by atoms with Gasteiger partial charge in [-0.1, -0.05) is 159 Å². The molecule has 0 atom stereocenters. The molecule has 63 heavy (non-hydrogen) atoms. The van der Waals surface area contributed by atoms with E-state index in [0.717, 1.165) is 22.7 Å². The lowest BCUT2D eigenvalue weighted by molar-refractivity contribution is 0.574. The third-order valence-corrected chi connectivity index (χ3v) is 14.1. The minimum absolute atomic E-state index is 0.0779. The first kappa shape index (κ1) is 37.4. The molecule has 302 valence electrons. The molecule has 0 saturated heterocycles. The Balaban J connectivity index is 0.888. The van der Waals surface area contributed by atoms with Gasteiger partial charge in [0.2, 0.25) is 0 Å². The van der Waals surface area contributed by atoms with Crippen LogP contribution >= 0.6 is 0 Å². The third-order valence-electron chi connectivity index (χ3n) is 14.1. The van der Waals surface area contributed by atoms with Crippen LogP contribution < -0.4 is 10.6 Å². The normalized spacial score (nSPS) is 14.4. The van der Waals surface area contributed by atoms with Gasteiger partial charge in [-0.25, -0.2) is 0 Å². The van der Waals surface area contributed by atoms with Crippen molar-refractivity contribution in [3.05, 3.63) is 211 Å². The summed E-state index contributed by atoms with van der Waals surface area (Å²) in [7, 11) is 0. The number of fused-ring (bicyclic) bond motifs is 11. The van der Waals surface area contributed by atoms with E-state index in [1.54, 1.807) is 11.1 Å². The Bertz CT molecular complexity index is 3300. The Hall–Kier alpha value is -7.42. The topological polar surface area (TPSA) is 24.1 Å². The van der Waals surface area contributed by atoms with Crippen molar-refractivity contribution in [1.29, 1.82) is 0 Å². The molecule has 9 aromatic carbocycles. The van der Waals surface area contributed by atoms with E-state index < -0.39 is 0 Å². The van der Waals surface area contributed by atoms with Crippen molar-refractivity contribution in [2.75, 3.05) is 10.6 Å². The molecule has 2 aliphatic carbocycles. The van der Waals surface area contributed by atoms with Gasteiger partial charge >= 0.3 is 0 Å². The Labute approximate surface area is 370 Å². The fraction of sp³-hybridized carbons (Fsp3) is 0.115. The molecule has 0 unspecified atom stereocenters. The average Bonchev–Trinajstić information content (AvgIpc) is 3.56. The highest BCUT2D eigenvalue weighted by molar-refractivity contribution is 6.01. The highest BCUT2D eigenvalue weighted by atomic mass is 14.9. The number of hydrogen-bond acceptors (Lipinski definition) is 2. The maximum absolute atomic E-state index is 3.92. The number of anilines is 4. The van der Waals surface area contributed by atoms with Crippen molar-refractivity contribution < 1.29 is 0 Å². The summed E-state index contributed by atoms with van der Waals surface area (Å²) in [6.45, 7) is 4.84. The Morgan fingerprint density at radius 3 is 1.83 bits per heavy atom. The predicted octanol–water partition coefficient (Wildman–Crippen LogP) is 17.3. The zero-order valence-electron chi connectivity index (χ0n) is 35.8. The lowest BCUT2D eigenvalue weighted by Gasteiger charge is -2.27. The number of allylic oxidation sites excluding steroid dienone is 2. The molecular weight excluding hydrogens is 761 g/mol. The van der Waals surface area contributed by atoms with Crippen molar-refractivity contribution in [2.45, 2.75) is 44.9 Å². The van der Waals surface area contributed by atoms with Crippen LogP contribution in [0.2, 0.25) is 0 Å². The third kappa shape index (κ3) is 6.48. The summed E-state index contributed by atoms with van der Waals surface area (Å²) in [5.41, 5.74) is 25.1. The fourth-order valence-electron chi connectivity index (χ4n) is 10.8. The first-order valence-corrected chi connectivity index (χ1v) is 22.5. The number of rotatable bonds is 5. The molecule has 1 aliphatic heterocycles. The molecule has 0 radical (unpaired) electrons. The second kappa shape index (κ2) is 14.9. The molecule has 0 amide bonds. The molecule has 0 fully saturated rings. The van der Waals surface area contributed by atoms with Gasteiger partial charge in [0.1, 0.15) is 0 Å². The smallest absolute Gasteiger partial charge is 0.0470 e. The molecule has 2 heteroatoms. The van der Waals surface area contributed by atoms with Crippen LogP contribution in [0.3, 0.4) is 0 Å². The number of nitrogens with one attached hydrogen (secondary N) is 2. The van der Waals surface area contributed by atoms with Gasteiger partial charge in [0.05, 0.1) is 0 Å². The van der Waals surface area contributed by atoms with E-state index in [-0.39, 0.29) is 5.41 Å². The summed E-state index contributed by atoms with van der Waals surface area (Å²) in [5, 5.41) is 10.2. The van der Waals surface area contributed by atoms with Crippen LogP contribution in [0, 0.1) is 0 Å². The summed E-state index contributed by atoms with van der Waals surface area (Å²) in [6.07, 6.45) is 5.04. The van der Waals surface area contributed by atoms with Gasteiger partial charge in [0.15, 0.2) is 0 Å². The Morgan fingerprint density at radius 2 is 1.03 bits per heavy atom. The van der Waals surface area contributed by atoms with Crippen molar-refractivity contribution in [1.82, 2.24) is 0 Å². The molecule has 2 nitrogen and oxygen atoms in total. The monoisotopic (exact) mass is 808 g/mol. The van der Waals surface area contributed by atoms with Crippen molar-refractivity contribution in [2.24, 2.45) is 0 Å². The number of benzene rings is 9. The molecule has 0 saturated carbocycles. The summed E-state index contributed by atoms with van der Waals surface area (Å²) in [5.74, 6) is 0. The van der Waals surface area contributed by atoms with Crippen LogP contribution in [-0.4, -0.2) is 0 Å². The van der Waals surface area contributed by atoms with Crippen LogP contribution in [0.25, 0.3) is 83.1 Å². The highest BCUT2D eigenvalue weighted by Crippen LogP contribution is 2.53. The quantitative estimate of drug-likeness (QED) is 0.181. The van der Waals surface area contributed by atoms with Crippen LogP contribution in [0.1, 0.15) is 50.7 Å². The van der Waals surface area contributed by atoms with E-state index in [1.807, 2.05) is 0 Å². The molecule has 0 spiro atoms. The van der Waals surface area contributed by atoms with Crippen molar-refractivity contribution >= 4 is 39.1 Å². The van der Waals surface area contributed by atoms with E-state index in [1.165, 1.54) is 114 Å². The Morgan fingerprint density at radius 1 is 0.397 bits per heavy atom. The molecule has 0 aromatic heterocycles. The zero-order valence-corrected chi connectivity index (χ0v) is 35.8. The SMILES string of the molecule is CC1(C)C2=C(CCCC2)c2ccc(Nc3ccc(-c4ccc(-c5ccc6c(c5)-c5cccc(c5)-c5ccccc5-c5cc7ccccc7cc5N6)cc4)cc3-c3ccccc3)cc21. The van der Waals surface area contributed by atoms with E-state index in [0.29, 0.717) is 0 Å². The van der Waals surface area contributed by atoms with Gasteiger partial charge in [-0.3, -0.25) is 0 Å². The number of hydrogen-bond donors (Lipinski definition) is 2. The lowest BCUT2D eigenvalue weighted by Crippen LogP contribution is -2.18. The van der Waals surface area contributed by atoms with E-state index in [4.69, 9.17) is 0 Å². The molecule has 12 rings (SSSR count). The summed E-state index contributed by atoms with van der Waals surface area (Å²) in [4.78, 5) is 0. The molecule has 2 N–H and O–H groups in total. The molecule has 9 aromatic rings. The minimum Gasteiger partial charge on any atom is -0.355 e. The van der Waals surface area contributed by atoms with Crippen LogP contribution in [0.15, 0.2) is 200 Å². The van der Waals surface area contributed by atoms with Gasteiger partial charge in [0, 0.05) is 44.9 Å². The largest absolute Gasteiger partial charge is 0.355 e. The highest BCUT2D eigenvalue weighted by Gasteiger charge is 2.38. The Kier molecular flexibility index (Phi) is 8.83. The van der Waals surface area contributed by atoms with Gasteiger partial charge in [0.25, 0.3) is 0 Å². The van der Waals surface area contributed by atoms with E-state index in [9.17, 15) is 0 Å². The molecule has 3 aliphatic rings. The van der Waals surface area contributed by atoms with E-state index >= 15 is 0 Å². The predicted molar refractivity (Wildman–Crippen MR) is 268 cm³/mol. The second-order valence-corrected chi connectivity index (χ2v) is 18.1. The standard InChI is InChI=1S/C61H48N2/c1-61(2)56-22-11-10-21-51(56)52-30-29-48(38-57(52)61)62-58-31-27-44(34-53(58)41-13-4-3-5-14-41)39-23-25-40(26-24-39)45-28-32-59-54(35-45)47-18-12-17-46(33-47)49-19-8-9-20-50(49)55-36-42-15-6-7-16-43(42)37-60(55)63-59/h3-9,12-20,23-38,62-63H,10-11,21-22H2,1-2H3. The van der Waals surface area contributed by atoms with Crippen molar-refractivity contribution in [3.63, 3.8) is 0 Å². The summed E-state index contributed by atoms with van der Waals surface area (Å²) in [6, 6.07) is 71.7. The molecule has 1 heterocycles. The fourth-order valence-corrected chi connectivity index (χ4v) is 10.8. The van der Waals surface area contributed by atoms with Gasteiger partial charge < -0.3 is 10.6 Å². The lowest BCUT2D eigenvalue weighted by atomic mass is 9.77. The summed E-state index contributed by atoms with van der Waals surface area (Å²) < 4.78 is 0. The molecule has 2 bridgehead atoms. The maximum Gasteiger partial charge on any atom is 0.0470 e. The first-order valence-electron chi connectivity index (χ1n) is 22.5. The minimum atomic E-state index is 0.0779. The molecular formula is C61H48N2. The van der Waals surface area contributed by atoms with Gasteiger partial charge in [-0.15, -0.1) is 0 Å². The van der Waals surface area contributed by atoms with Crippen LogP contribution in [0.5, 0.6) is 0 Å². The van der Waals surface area contributed by atoms with Gasteiger partial charge in [-0.05, 0) is 158 Å². The van der Waals surface area contributed by atoms with Gasteiger partial charge in [-0.2, -0.15) is 0 Å². The second-order valence-electron chi connectivity index (χ2n) is 18.1. The van der Waals surface area contributed by atoms with Crippen LogP contribution in [0.4, 0.5) is 22.7 Å². The average molecular weight is 809 g/mol. The maximum atomic E-state index is 3.92. The van der Waals surface area contributed by atoms with Crippen LogP contribution in [-0.2, 0) is 5.41 Å². The first-order chi connectivity index (χ1) is 30.9. The zero-order chi connectivity index (χ0) is 42.1. The van der Waals surface area contributed by atoms with E-state index in [2.05, 4.69) is 219 Å². The van der Waals surface area contributed by atoms with Crippen molar-refractivity contribution in [3.8, 4) is 66.8 Å².